The highest BCUT2D eigenvalue weighted by Gasteiger charge is 2.35. The van der Waals surface area contributed by atoms with Gasteiger partial charge in [0.1, 0.15) is 5.82 Å². The van der Waals surface area contributed by atoms with Crippen LogP contribution in [0.4, 0.5) is 9.18 Å². The molecule has 3 aromatic rings. The van der Waals surface area contributed by atoms with E-state index in [9.17, 15) is 14.0 Å². The number of amides is 3. The van der Waals surface area contributed by atoms with Crippen molar-refractivity contribution in [2.24, 2.45) is 5.92 Å². The number of nitrogens with one attached hydrogen (secondary N) is 2. The molecule has 2 unspecified atom stereocenters. The van der Waals surface area contributed by atoms with E-state index in [1.165, 1.54) is 12.1 Å². The zero-order chi connectivity index (χ0) is 23.9. The van der Waals surface area contributed by atoms with Crippen LogP contribution in [0.3, 0.4) is 0 Å². The summed E-state index contributed by atoms with van der Waals surface area (Å²) in [7, 11) is 0. The minimum Gasteiger partial charge on any atom is -0.352 e. The second kappa shape index (κ2) is 11.0. The number of piperidine rings is 1. The molecule has 1 heterocycles. The van der Waals surface area contributed by atoms with Gasteiger partial charge in [-0.2, -0.15) is 0 Å². The molecule has 1 saturated heterocycles. The number of urea groups is 1. The molecule has 0 saturated carbocycles. The Hall–Kier alpha value is -3.67. The van der Waals surface area contributed by atoms with Crippen molar-refractivity contribution in [2.45, 2.75) is 38.9 Å². The highest BCUT2D eigenvalue weighted by Crippen LogP contribution is 2.34. The molecule has 0 aliphatic carbocycles. The molecule has 5 nitrogen and oxygen atoms in total. The first kappa shape index (κ1) is 23.5. The van der Waals surface area contributed by atoms with Crippen LogP contribution in [0.1, 0.15) is 41.1 Å². The lowest BCUT2D eigenvalue weighted by Crippen LogP contribution is -2.50. The summed E-state index contributed by atoms with van der Waals surface area (Å²) in [6, 6.07) is 23.9. The Morgan fingerprint density at radius 1 is 0.882 bits per heavy atom. The van der Waals surface area contributed by atoms with Gasteiger partial charge in [0.05, 0.1) is 12.0 Å². The zero-order valence-corrected chi connectivity index (χ0v) is 19.3. The molecule has 176 valence electrons. The Morgan fingerprint density at radius 3 is 2.38 bits per heavy atom. The summed E-state index contributed by atoms with van der Waals surface area (Å²) >= 11 is 0. The summed E-state index contributed by atoms with van der Waals surface area (Å²) < 4.78 is 13.5. The van der Waals surface area contributed by atoms with Crippen LogP contribution < -0.4 is 10.6 Å². The maximum atomic E-state index is 13.5. The van der Waals surface area contributed by atoms with Crippen LogP contribution >= 0.6 is 0 Å². The average molecular weight is 460 g/mol. The van der Waals surface area contributed by atoms with Crippen molar-refractivity contribution in [1.82, 2.24) is 15.5 Å². The maximum Gasteiger partial charge on any atom is 0.318 e. The normalized spacial score (nSPS) is 17.8. The number of nitrogens with zero attached hydrogens (tertiary/aromatic N) is 1. The maximum absolute atomic E-state index is 13.5. The zero-order valence-electron chi connectivity index (χ0n) is 19.3. The van der Waals surface area contributed by atoms with Crippen LogP contribution in [0.2, 0.25) is 0 Å². The van der Waals surface area contributed by atoms with E-state index in [0.717, 1.165) is 16.7 Å². The van der Waals surface area contributed by atoms with Crippen molar-refractivity contribution < 1.29 is 14.0 Å². The van der Waals surface area contributed by atoms with E-state index in [1.807, 2.05) is 55.5 Å². The smallest absolute Gasteiger partial charge is 0.318 e. The number of halogens is 1. The molecule has 2 atom stereocenters. The molecule has 0 aromatic heterocycles. The minimum absolute atomic E-state index is 0.0945. The van der Waals surface area contributed by atoms with Gasteiger partial charge in [-0.05, 0) is 48.6 Å². The van der Waals surface area contributed by atoms with E-state index in [4.69, 9.17) is 0 Å². The molecular formula is C28H30FN3O2. The van der Waals surface area contributed by atoms with Gasteiger partial charge in [-0.3, -0.25) is 4.79 Å². The SMILES string of the molecule is Cc1cccc(C2CCC(C(=O)NCc3cccc(F)c3)CN2C(=O)NCc2ccccc2)c1. The predicted octanol–water partition coefficient (Wildman–Crippen LogP) is 5.11. The minimum atomic E-state index is -0.327. The Bertz CT molecular complexity index is 1140. The summed E-state index contributed by atoms with van der Waals surface area (Å²) in [5, 5.41) is 5.93. The molecule has 3 aromatic carbocycles. The van der Waals surface area contributed by atoms with Gasteiger partial charge < -0.3 is 15.5 Å². The number of aryl methyl sites for hydroxylation is 1. The molecule has 1 aliphatic heterocycles. The van der Waals surface area contributed by atoms with Gasteiger partial charge in [-0.1, -0.05) is 72.3 Å². The third kappa shape index (κ3) is 6.01. The van der Waals surface area contributed by atoms with Gasteiger partial charge in [0.15, 0.2) is 0 Å². The van der Waals surface area contributed by atoms with Crippen LogP contribution in [-0.4, -0.2) is 23.4 Å². The van der Waals surface area contributed by atoms with Gasteiger partial charge in [0.2, 0.25) is 5.91 Å². The second-order valence-corrected chi connectivity index (χ2v) is 8.85. The Kier molecular flexibility index (Phi) is 7.58. The monoisotopic (exact) mass is 459 g/mol. The van der Waals surface area contributed by atoms with Crippen LogP contribution in [0.25, 0.3) is 0 Å². The molecular weight excluding hydrogens is 429 g/mol. The van der Waals surface area contributed by atoms with Crippen molar-refractivity contribution in [3.8, 4) is 0 Å². The summed E-state index contributed by atoms with van der Waals surface area (Å²) in [5.74, 6) is -0.767. The first-order valence-electron chi connectivity index (χ1n) is 11.7. The van der Waals surface area contributed by atoms with Crippen molar-refractivity contribution in [1.29, 1.82) is 0 Å². The fraction of sp³-hybridized carbons (Fsp3) is 0.286. The molecule has 34 heavy (non-hydrogen) atoms. The van der Waals surface area contributed by atoms with Gasteiger partial charge in [-0.25, -0.2) is 9.18 Å². The van der Waals surface area contributed by atoms with E-state index >= 15 is 0 Å². The summed E-state index contributed by atoms with van der Waals surface area (Å²) in [4.78, 5) is 28.0. The van der Waals surface area contributed by atoms with Gasteiger partial charge in [0, 0.05) is 19.6 Å². The standard InChI is InChI=1S/C28H30FN3O2/c1-20-7-5-11-23(15-20)26-14-13-24(27(33)30-18-22-10-6-12-25(29)16-22)19-32(26)28(34)31-17-21-8-3-2-4-9-21/h2-12,15-16,24,26H,13-14,17-19H2,1H3,(H,30,33)(H,31,34). The topological polar surface area (TPSA) is 61.4 Å². The van der Waals surface area contributed by atoms with Crippen molar-refractivity contribution >= 4 is 11.9 Å². The number of hydrogen-bond acceptors (Lipinski definition) is 2. The summed E-state index contributed by atoms with van der Waals surface area (Å²) in [5.41, 5.74) is 3.94. The average Bonchev–Trinajstić information content (AvgIpc) is 2.86. The van der Waals surface area contributed by atoms with Crippen molar-refractivity contribution in [3.63, 3.8) is 0 Å². The number of carbonyl (C=O) groups excluding carboxylic acids is 2. The van der Waals surface area contributed by atoms with E-state index in [0.29, 0.717) is 31.5 Å². The van der Waals surface area contributed by atoms with Crippen LogP contribution in [0.15, 0.2) is 78.9 Å². The number of carbonyl (C=O) groups is 2. The molecule has 4 rings (SSSR count). The fourth-order valence-corrected chi connectivity index (χ4v) is 4.49. The number of likely N-dealkylation sites (tertiary alicyclic amines) is 1. The molecule has 2 N–H and O–H groups in total. The molecule has 3 amide bonds. The third-order valence-electron chi connectivity index (χ3n) is 6.28. The molecule has 1 fully saturated rings. The number of hydrogen-bond donors (Lipinski definition) is 2. The van der Waals surface area contributed by atoms with Gasteiger partial charge >= 0.3 is 6.03 Å². The van der Waals surface area contributed by atoms with Crippen molar-refractivity contribution in [3.05, 3.63) is 107 Å². The first-order valence-corrected chi connectivity index (χ1v) is 11.7. The van der Waals surface area contributed by atoms with Crippen LogP contribution in [0.5, 0.6) is 0 Å². The lowest BCUT2D eigenvalue weighted by atomic mass is 9.88. The lowest BCUT2D eigenvalue weighted by Gasteiger charge is -2.39. The lowest BCUT2D eigenvalue weighted by molar-refractivity contribution is -0.126. The molecule has 1 aliphatic rings. The Labute approximate surface area is 200 Å². The highest BCUT2D eigenvalue weighted by atomic mass is 19.1. The summed E-state index contributed by atoms with van der Waals surface area (Å²) in [6.07, 6.45) is 1.37. The quantitative estimate of drug-likeness (QED) is 0.538. The van der Waals surface area contributed by atoms with E-state index in [-0.39, 0.29) is 36.3 Å². The Morgan fingerprint density at radius 2 is 1.62 bits per heavy atom. The van der Waals surface area contributed by atoms with Crippen molar-refractivity contribution in [2.75, 3.05) is 6.54 Å². The number of benzene rings is 3. The van der Waals surface area contributed by atoms with E-state index in [1.54, 1.807) is 17.0 Å². The predicted molar refractivity (Wildman–Crippen MR) is 130 cm³/mol. The molecule has 0 spiro atoms. The Balaban J connectivity index is 1.45. The molecule has 6 heteroatoms. The van der Waals surface area contributed by atoms with Crippen LogP contribution in [0, 0.1) is 18.7 Å². The van der Waals surface area contributed by atoms with Gasteiger partial charge in [0.25, 0.3) is 0 Å². The van der Waals surface area contributed by atoms with E-state index < -0.39 is 0 Å². The first-order chi connectivity index (χ1) is 16.5. The largest absolute Gasteiger partial charge is 0.352 e. The van der Waals surface area contributed by atoms with E-state index in [2.05, 4.69) is 16.7 Å². The van der Waals surface area contributed by atoms with Crippen LogP contribution in [-0.2, 0) is 17.9 Å². The summed E-state index contributed by atoms with van der Waals surface area (Å²) in [6.45, 7) is 3.05. The number of rotatable bonds is 6. The van der Waals surface area contributed by atoms with Gasteiger partial charge in [-0.15, -0.1) is 0 Å². The highest BCUT2D eigenvalue weighted by molar-refractivity contribution is 5.81. The third-order valence-corrected chi connectivity index (χ3v) is 6.28. The molecule has 0 bridgehead atoms. The molecule has 0 radical (unpaired) electrons. The second-order valence-electron chi connectivity index (χ2n) is 8.85. The fourth-order valence-electron chi connectivity index (χ4n) is 4.49.